The molecule has 0 aliphatic carbocycles. The van der Waals surface area contributed by atoms with E-state index in [2.05, 4.69) is 15.3 Å². The van der Waals surface area contributed by atoms with Gasteiger partial charge in [0.2, 0.25) is 0 Å². The lowest BCUT2D eigenvalue weighted by molar-refractivity contribution is 0.415. The first-order valence-electron chi connectivity index (χ1n) is 6.92. The van der Waals surface area contributed by atoms with E-state index in [1.54, 1.807) is 13.3 Å². The quantitative estimate of drug-likeness (QED) is 0.653. The molecule has 6 nitrogen and oxygen atoms in total. The number of nitrogens with two attached hydrogens (primary N) is 1. The number of hydrogen-bond donors (Lipinski definition) is 2. The molecule has 1 heterocycles. The smallest absolute Gasteiger partial charge is 0.193 e. The Morgan fingerprint density at radius 2 is 2.00 bits per heavy atom. The predicted octanol–water partition coefficient (Wildman–Crippen LogP) is 2.08. The Morgan fingerprint density at radius 3 is 2.64 bits per heavy atom. The van der Waals surface area contributed by atoms with Crippen LogP contribution in [0.25, 0.3) is 0 Å². The fourth-order valence-corrected chi connectivity index (χ4v) is 1.84. The number of anilines is 2. The van der Waals surface area contributed by atoms with Gasteiger partial charge in [0.1, 0.15) is 11.6 Å². The van der Waals surface area contributed by atoms with E-state index < -0.39 is 0 Å². The van der Waals surface area contributed by atoms with Crippen LogP contribution in [0.4, 0.5) is 11.5 Å². The standard InChI is InChI=1S/C16H21N5O/c1-21(2)15-10-12(8-9-18-15)11-19-16(17)20-13-4-6-14(22-3)7-5-13/h4-10H,11H2,1-3H3,(H3,17,19,20). The molecule has 0 radical (unpaired) electrons. The second kappa shape index (κ2) is 7.31. The topological polar surface area (TPSA) is 75.8 Å². The third kappa shape index (κ3) is 4.37. The van der Waals surface area contributed by atoms with Crippen LogP contribution >= 0.6 is 0 Å². The fraction of sp³-hybridized carbons (Fsp3) is 0.250. The lowest BCUT2D eigenvalue weighted by atomic mass is 10.2. The second-order valence-corrected chi connectivity index (χ2v) is 4.97. The second-order valence-electron chi connectivity index (χ2n) is 4.97. The first-order chi connectivity index (χ1) is 10.6. The van der Waals surface area contributed by atoms with Crippen LogP contribution in [0.5, 0.6) is 5.75 Å². The Hall–Kier alpha value is -2.76. The molecule has 0 spiro atoms. The molecule has 0 saturated carbocycles. The minimum Gasteiger partial charge on any atom is -0.497 e. The van der Waals surface area contributed by atoms with Crippen molar-refractivity contribution in [2.75, 3.05) is 31.4 Å². The van der Waals surface area contributed by atoms with Crippen LogP contribution < -0.4 is 20.7 Å². The maximum absolute atomic E-state index is 5.90. The summed E-state index contributed by atoms with van der Waals surface area (Å²) in [5.74, 6) is 2.07. The van der Waals surface area contributed by atoms with Gasteiger partial charge in [0.25, 0.3) is 0 Å². The number of aromatic nitrogens is 1. The van der Waals surface area contributed by atoms with E-state index in [9.17, 15) is 0 Å². The number of rotatable bonds is 5. The van der Waals surface area contributed by atoms with Gasteiger partial charge in [0.15, 0.2) is 5.96 Å². The van der Waals surface area contributed by atoms with Crippen molar-refractivity contribution in [1.82, 2.24) is 4.98 Å². The number of ether oxygens (including phenoxy) is 1. The molecule has 6 heteroatoms. The van der Waals surface area contributed by atoms with Gasteiger partial charge in [0.05, 0.1) is 13.7 Å². The molecule has 0 saturated heterocycles. The highest BCUT2D eigenvalue weighted by molar-refractivity contribution is 5.92. The minimum atomic E-state index is 0.369. The van der Waals surface area contributed by atoms with Crippen molar-refractivity contribution in [3.8, 4) is 5.75 Å². The minimum absolute atomic E-state index is 0.369. The Balaban J connectivity index is 1.98. The average Bonchev–Trinajstić information content (AvgIpc) is 2.54. The molecule has 0 bridgehead atoms. The summed E-state index contributed by atoms with van der Waals surface area (Å²) in [7, 11) is 5.54. The van der Waals surface area contributed by atoms with Gasteiger partial charge in [-0.05, 0) is 42.0 Å². The van der Waals surface area contributed by atoms with Crippen molar-refractivity contribution < 1.29 is 4.74 Å². The van der Waals surface area contributed by atoms with Crippen LogP contribution in [0, 0.1) is 0 Å². The Bertz CT molecular complexity index is 637. The zero-order valence-corrected chi connectivity index (χ0v) is 13.1. The maximum Gasteiger partial charge on any atom is 0.193 e. The third-order valence-corrected chi connectivity index (χ3v) is 3.06. The first-order valence-corrected chi connectivity index (χ1v) is 6.92. The summed E-state index contributed by atoms with van der Waals surface area (Å²) in [6, 6.07) is 11.4. The highest BCUT2D eigenvalue weighted by atomic mass is 16.5. The summed E-state index contributed by atoms with van der Waals surface area (Å²) in [6.07, 6.45) is 1.77. The van der Waals surface area contributed by atoms with Crippen LogP contribution in [0.3, 0.4) is 0 Å². The molecule has 116 valence electrons. The monoisotopic (exact) mass is 299 g/mol. The van der Waals surface area contributed by atoms with Crippen LogP contribution in [0.15, 0.2) is 47.6 Å². The summed E-state index contributed by atoms with van der Waals surface area (Å²) in [6.45, 7) is 0.498. The molecule has 2 rings (SSSR count). The largest absolute Gasteiger partial charge is 0.497 e. The molecule has 0 amide bonds. The SMILES string of the molecule is COc1ccc(NC(N)=NCc2ccnc(N(C)C)c2)cc1. The summed E-state index contributed by atoms with van der Waals surface area (Å²) >= 11 is 0. The van der Waals surface area contributed by atoms with Gasteiger partial charge in [-0.1, -0.05) is 0 Å². The summed E-state index contributed by atoms with van der Waals surface area (Å²) in [4.78, 5) is 10.6. The molecular formula is C16H21N5O. The van der Waals surface area contributed by atoms with Crippen molar-refractivity contribution in [3.05, 3.63) is 48.2 Å². The highest BCUT2D eigenvalue weighted by Crippen LogP contribution is 2.15. The first kappa shape index (κ1) is 15.6. The summed E-state index contributed by atoms with van der Waals surface area (Å²) < 4.78 is 5.11. The predicted molar refractivity (Wildman–Crippen MR) is 90.5 cm³/mol. The normalized spacial score (nSPS) is 11.1. The van der Waals surface area contributed by atoms with Crippen molar-refractivity contribution in [1.29, 1.82) is 0 Å². The van der Waals surface area contributed by atoms with Gasteiger partial charge in [0, 0.05) is 26.0 Å². The number of benzene rings is 1. The summed E-state index contributed by atoms with van der Waals surface area (Å²) in [5, 5.41) is 3.05. The summed E-state index contributed by atoms with van der Waals surface area (Å²) in [5.41, 5.74) is 7.82. The van der Waals surface area contributed by atoms with E-state index in [1.165, 1.54) is 0 Å². The number of pyridine rings is 1. The molecule has 0 fully saturated rings. The van der Waals surface area contributed by atoms with Crippen molar-refractivity contribution in [3.63, 3.8) is 0 Å². The molecule has 0 aliphatic heterocycles. The van der Waals surface area contributed by atoms with E-state index in [0.717, 1.165) is 22.8 Å². The maximum atomic E-state index is 5.90. The van der Waals surface area contributed by atoms with E-state index in [0.29, 0.717) is 12.5 Å². The zero-order chi connectivity index (χ0) is 15.9. The van der Waals surface area contributed by atoms with Crippen LogP contribution in [-0.4, -0.2) is 32.1 Å². The molecule has 0 atom stereocenters. The molecule has 22 heavy (non-hydrogen) atoms. The highest BCUT2D eigenvalue weighted by Gasteiger charge is 2.00. The molecular weight excluding hydrogens is 278 g/mol. The molecule has 0 aliphatic rings. The zero-order valence-electron chi connectivity index (χ0n) is 13.1. The molecule has 1 aromatic carbocycles. The van der Waals surface area contributed by atoms with E-state index in [1.807, 2.05) is 55.4 Å². The number of methoxy groups -OCH3 is 1. The van der Waals surface area contributed by atoms with Gasteiger partial charge in [-0.15, -0.1) is 0 Å². The van der Waals surface area contributed by atoms with Crippen LogP contribution in [0.1, 0.15) is 5.56 Å². The van der Waals surface area contributed by atoms with Crippen molar-refractivity contribution in [2.45, 2.75) is 6.54 Å². The molecule has 1 aromatic heterocycles. The van der Waals surface area contributed by atoms with E-state index in [4.69, 9.17) is 10.5 Å². The van der Waals surface area contributed by atoms with Crippen LogP contribution in [0.2, 0.25) is 0 Å². The van der Waals surface area contributed by atoms with Gasteiger partial charge in [-0.25, -0.2) is 9.98 Å². The Morgan fingerprint density at radius 1 is 1.27 bits per heavy atom. The fourth-order valence-electron chi connectivity index (χ4n) is 1.84. The third-order valence-electron chi connectivity index (χ3n) is 3.06. The number of hydrogen-bond acceptors (Lipinski definition) is 4. The number of aliphatic imine (C=N–C) groups is 1. The Labute approximate surface area is 130 Å². The lowest BCUT2D eigenvalue weighted by Gasteiger charge is -2.11. The Kier molecular flexibility index (Phi) is 5.19. The molecule has 2 aromatic rings. The van der Waals surface area contributed by atoms with Gasteiger partial charge < -0.3 is 20.7 Å². The average molecular weight is 299 g/mol. The van der Waals surface area contributed by atoms with Gasteiger partial charge in [-0.3, -0.25) is 0 Å². The van der Waals surface area contributed by atoms with Gasteiger partial charge in [-0.2, -0.15) is 0 Å². The van der Waals surface area contributed by atoms with Crippen molar-refractivity contribution >= 4 is 17.5 Å². The van der Waals surface area contributed by atoms with E-state index >= 15 is 0 Å². The lowest BCUT2D eigenvalue weighted by Crippen LogP contribution is -2.22. The van der Waals surface area contributed by atoms with Crippen molar-refractivity contribution in [2.24, 2.45) is 10.7 Å². The van der Waals surface area contributed by atoms with Gasteiger partial charge >= 0.3 is 0 Å². The van der Waals surface area contributed by atoms with E-state index in [-0.39, 0.29) is 0 Å². The number of nitrogens with zero attached hydrogens (tertiary/aromatic N) is 3. The molecule has 3 N–H and O–H groups in total. The number of nitrogens with one attached hydrogen (secondary N) is 1. The molecule has 0 unspecified atom stereocenters. The van der Waals surface area contributed by atoms with Crippen LogP contribution in [-0.2, 0) is 6.54 Å². The number of guanidine groups is 1.